The molecule has 0 fully saturated rings. The van der Waals surface area contributed by atoms with Gasteiger partial charge in [0.05, 0.1) is 7.11 Å². The molecule has 2 heteroatoms. The summed E-state index contributed by atoms with van der Waals surface area (Å²) in [5, 5.41) is 0. The molecule has 0 heterocycles. The van der Waals surface area contributed by atoms with E-state index >= 15 is 0 Å². The Morgan fingerprint density at radius 3 is 2.67 bits per heavy atom. The zero-order valence-electron chi connectivity index (χ0n) is 9.92. The van der Waals surface area contributed by atoms with Crippen molar-refractivity contribution in [2.24, 2.45) is 5.73 Å². The van der Waals surface area contributed by atoms with Crippen LogP contribution in [-0.2, 0) is 6.42 Å². The molecule has 1 unspecified atom stereocenters. The predicted octanol–water partition coefficient (Wildman–Crippen LogP) is 2.67. The zero-order chi connectivity index (χ0) is 11.3. The molecule has 2 N–H and O–H groups in total. The van der Waals surface area contributed by atoms with Gasteiger partial charge in [0.15, 0.2) is 0 Å². The lowest BCUT2D eigenvalue weighted by atomic mass is 10.00. The van der Waals surface area contributed by atoms with Crippen LogP contribution in [-0.4, -0.2) is 13.2 Å². The smallest absolute Gasteiger partial charge is 0.119 e. The third-order valence-electron chi connectivity index (χ3n) is 2.86. The van der Waals surface area contributed by atoms with Crippen LogP contribution < -0.4 is 10.5 Å². The van der Waals surface area contributed by atoms with E-state index in [0.29, 0.717) is 6.04 Å². The van der Waals surface area contributed by atoms with Crippen LogP contribution in [0.4, 0.5) is 0 Å². The second kappa shape index (κ2) is 5.76. The first-order valence-corrected chi connectivity index (χ1v) is 5.56. The minimum Gasteiger partial charge on any atom is -0.497 e. The molecule has 0 aliphatic rings. The normalized spacial score (nSPS) is 12.5. The summed E-state index contributed by atoms with van der Waals surface area (Å²) in [7, 11) is 1.70. The van der Waals surface area contributed by atoms with Gasteiger partial charge < -0.3 is 10.5 Å². The minimum atomic E-state index is 0.325. The van der Waals surface area contributed by atoms with Crippen molar-refractivity contribution in [3.05, 3.63) is 29.3 Å². The maximum absolute atomic E-state index is 5.90. The van der Waals surface area contributed by atoms with Crippen LogP contribution in [0, 0.1) is 6.92 Å². The molecule has 0 amide bonds. The summed E-state index contributed by atoms with van der Waals surface area (Å²) in [6.07, 6.45) is 3.17. The summed E-state index contributed by atoms with van der Waals surface area (Å²) in [5.74, 6) is 0.927. The van der Waals surface area contributed by atoms with E-state index < -0.39 is 0 Å². The Hall–Kier alpha value is -1.02. The molecule has 0 radical (unpaired) electrons. The van der Waals surface area contributed by atoms with Crippen LogP contribution in [0.3, 0.4) is 0 Å². The van der Waals surface area contributed by atoms with Gasteiger partial charge in [-0.05, 0) is 49.4 Å². The molecule has 0 bridgehead atoms. The first-order chi connectivity index (χ1) is 7.17. The van der Waals surface area contributed by atoms with Gasteiger partial charge in [-0.3, -0.25) is 0 Å². The Labute approximate surface area is 92.4 Å². The molecular formula is C13H21NO. The zero-order valence-corrected chi connectivity index (χ0v) is 9.92. The molecule has 0 saturated heterocycles. The summed E-state index contributed by atoms with van der Waals surface area (Å²) in [6, 6.07) is 6.55. The van der Waals surface area contributed by atoms with Gasteiger partial charge in [-0.2, -0.15) is 0 Å². The van der Waals surface area contributed by atoms with E-state index in [9.17, 15) is 0 Å². The number of methoxy groups -OCH3 is 1. The van der Waals surface area contributed by atoms with E-state index in [1.54, 1.807) is 7.11 Å². The molecule has 1 aromatic carbocycles. The number of benzene rings is 1. The summed E-state index contributed by atoms with van der Waals surface area (Å²) >= 11 is 0. The molecule has 0 saturated carbocycles. The number of aryl methyl sites for hydroxylation is 2. The highest BCUT2D eigenvalue weighted by atomic mass is 16.5. The average Bonchev–Trinajstić information content (AvgIpc) is 2.26. The van der Waals surface area contributed by atoms with Crippen molar-refractivity contribution in [1.29, 1.82) is 0 Å². The van der Waals surface area contributed by atoms with Crippen molar-refractivity contribution < 1.29 is 4.74 Å². The molecule has 0 aliphatic heterocycles. The maximum atomic E-state index is 5.90. The van der Waals surface area contributed by atoms with Crippen molar-refractivity contribution in [2.45, 2.75) is 39.2 Å². The fourth-order valence-electron chi connectivity index (χ4n) is 1.62. The molecule has 84 valence electrons. The topological polar surface area (TPSA) is 35.2 Å². The summed E-state index contributed by atoms with van der Waals surface area (Å²) in [6.45, 7) is 4.25. The summed E-state index contributed by atoms with van der Waals surface area (Å²) in [4.78, 5) is 0. The van der Waals surface area contributed by atoms with E-state index in [1.807, 2.05) is 6.07 Å². The lowest BCUT2D eigenvalue weighted by Crippen LogP contribution is -2.19. The number of hydrogen-bond donors (Lipinski definition) is 1. The monoisotopic (exact) mass is 207 g/mol. The molecule has 0 spiro atoms. The molecule has 2 nitrogen and oxygen atoms in total. The third kappa shape index (κ3) is 3.56. The predicted molar refractivity (Wildman–Crippen MR) is 64.3 cm³/mol. The third-order valence-corrected chi connectivity index (χ3v) is 2.86. The van der Waals surface area contributed by atoms with Gasteiger partial charge in [-0.25, -0.2) is 0 Å². The van der Waals surface area contributed by atoms with Crippen LogP contribution >= 0.6 is 0 Å². The van der Waals surface area contributed by atoms with E-state index in [-0.39, 0.29) is 0 Å². The number of ether oxygens (including phenoxy) is 1. The quantitative estimate of drug-likeness (QED) is 0.805. The fraction of sp³-hybridized carbons (Fsp3) is 0.538. The fourth-order valence-corrected chi connectivity index (χ4v) is 1.62. The van der Waals surface area contributed by atoms with Crippen molar-refractivity contribution >= 4 is 0 Å². The van der Waals surface area contributed by atoms with Crippen LogP contribution in [0.2, 0.25) is 0 Å². The van der Waals surface area contributed by atoms with Crippen molar-refractivity contribution in [3.8, 4) is 5.75 Å². The van der Waals surface area contributed by atoms with E-state index in [4.69, 9.17) is 10.5 Å². The van der Waals surface area contributed by atoms with E-state index in [2.05, 4.69) is 26.0 Å². The Bertz CT molecular complexity index is 309. The second-order valence-corrected chi connectivity index (χ2v) is 4.00. The van der Waals surface area contributed by atoms with Gasteiger partial charge in [-0.15, -0.1) is 0 Å². The summed E-state index contributed by atoms with van der Waals surface area (Å²) in [5.41, 5.74) is 8.57. The highest BCUT2D eigenvalue weighted by Crippen LogP contribution is 2.18. The van der Waals surface area contributed by atoms with E-state index in [1.165, 1.54) is 11.1 Å². The highest BCUT2D eigenvalue weighted by Gasteiger charge is 2.03. The molecule has 15 heavy (non-hydrogen) atoms. The Balaban J connectivity index is 2.62. The second-order valence-electron chi connectivity index (χ2n) is 4.00. The van der Waals surface area contributed by atoms with Crippen LogP contribution in [0.25, 0.3) is 0 Å². The lowest BCUT2D eigenvalue weighted by Gasteiger charge is -2.11. The Morgan fingerprint density at radius 1 is 1.40 bits per heavy atom. The van der Waals surface area contributed by atoms with Gasteiger partial charge in [-0.1, -0.05) is 13.0 Å². The molecule has 0 aliphatic carbocycles. The number of rotatable bonds is 5. The number of nitrogens with two attached hydrogens (primary N) is 1. The van der Waals surface area contributed by atoms with Gasteiger partial charge in [0.25, 0.3) is 0 Å². The Kier molecular flexibility index (Phi) is 4.63. The Morgan fingerprint density at radius 2 is 2.13 bits per heavy atom. The van der Waals surface area contributed by atoms with Gasteiger partial charge >= 0.3 is 0 Å². The van der Waals surface area contributed by atoms with Crippen molar-refractivity contribution in [1.82, 2.24) is 0 Å². The van der Waals surface area contributed by atoms with Gasteiger partial charge in [0.1, 0.15) is 5.75 Å². The first-order valence-electron chi connectivity index (χ1n) is 5.56. The highest BCUT2D eigenvalue weighted by molar-refractivity contribution is 5.34. The van der Waals surface area contributed by atoms with Crippen LogP contribution in [0.5, 0.6) is 5.75 Å². The largest absolute Gasteiger partial charge is 0.497 e. The van der Waals surface area contributed by atoms with Crippen LogP contribution in [0.15, 0.2) is 18.2 Å². The first kappa shape index (κ1) is 12.1. The minimum absolute atomic E-state index is 0.325. The van der Waals surface area contributed by atoms with Gasteiger partial charge in [0, 0.05) is 6.04 Å². The molecule has 1 aromatic rings. The molecule has 1 atom stereocenters. The summed E-state index contributed by atoms with van der Waals surface area (Å²) < 4.78 is 5.17. The standard InChI is InChI=1S/C13H21NO/c1-4-12(14)7-5-11-6-8-13(15-3)9-10(11)2/h6,8-9,12H,4-5,7,14H2,1-3H3. The van der Waals surface area contributed by atoms with Crippen LogP contribution in [0.1, 0.15) is 30.9 Å². The number of hydrogen-bond acceptors (Lipinski definition) is 2. The molecular weight excluding hydrogens is 186 g/mol. The molecule has 0 aromatic heterocycles. The van der Waals surface area contributed by atoms with Gasteiger partial charge in [0.2, 0.25) is 0 Å². The SMILES string of the molecule is CCC(N)CCc1ccc(OC)cc1C. The van der Waals surface area contributed by atoms with Crippen molar-refractivity contribution in [2.75, 3.05) is 7.11 Å². The maximum Gasteiger partial charge on any atom is 0.119 e. The van der Waals surface area contributed by atoms with E-state index in [0.717, 1.165) is 25.0 Å². The molecule has 1 rings (SSSR count). The van der Waals surface area contributed by atoms with Crippen molar-refractivity contribution in [3.63, 3.8) is 0 Å². The lowest BCUT2D eigenvalue weighted by molar-refractivity contribution is 0.414. The average molecular weight is 207 g/mol.